The van der Waals surface area contributed by atoms with Gasteiger partial charge in [-0.1, -0.05) is 6.42 Å². The molecule has 1 aliphatic rings. The van der Waals surface area contributed by atoms with Gasteiger partial charge in [0.15, 0.2) is 0 Å². The van der Waals surface area contributed by atoms with Crippen molar-refractivity contribution in [1.29, 1.82) is 0 Å². The van der Waals surface area contributed by atoms with Crippen LogP contribution in [0, 0.1) is 10.1 Å². The van der Waals surface area contributed by atoms with Gasteiger partial charge < -0.3 is 10.5 Å². The Balaban J connectivity index is 2.17. The van der Waals surface area contributed by atoms with Gasteiger partial charge in [-0.15, -0.1) is 0 Å². The minimum Gasteiger partial charge on any atom is -0.469 e. The van der Waals surface area contributed by atoms with Crippen LogP contribution in [0.3, 0.4) is 0 Å². The molecule has 0 radical (unpaired) electrons. The molecule has 0 unspecified atom stereocenters. The zero-order valence-corrected chi connectivity index (χ0v) is 9.33. The van der Waals surface area contributed by atoms with Crippen LogP contribution >= 0.6 is 0 Å². The van der Waals surface area contributed by atoms with Gasteiger partial charge in [-0.25, -0.2) is 4.98 Å². The first-order valence-corrected chi connectivity index (χ1v) is 5.60. The fourth-order valence-electron chi connectivity index (χ4n) is 1.93. The summed E-state index contributed by atoms with van der Waals surface area (Å²) < 4.78 is 5.56. The molecule has 1 aliphatic carbocycles. The van der Waals surface area contributed by atoms with Gasteiger partial charge in [-0.3, -0.25) is 10.1 Å². The monoisotopic (exact) mass is 238 g/mol. The summed E-state index contributed by atoms with van der Waals surface area (Å²) in [4.78, 5) is 17.6. The second kappa shape index (κ2) is 4.94. The SMILES string of the molecule is Nc1ncc([N+](=O)[O-])c(OC2CCCCC2)n1. The van der Waals surface area contributed by atoms with E-state index in [4.69, 9.17) is 10.5 Å². The highest BCUT2D eigenvalue weighted by molar-refractivity contribution is 5.41. The van der Waals surface area contributed by atoms with Gasteiger partial charge in [-0.2, -0.15) is 4.98 Å². The van der Waals surface area contributed by atoms with E-state index in [0.29, 0.717) is 0 Å². The van der Waals surface area contributed by atoms with E-state index in [1.165, 1.54) is 6.42 Å². The van der Waals surface area contributed by atoms with E-state index in [0.717, 1.165) is 31.9 Å². The predicted molar refractivity (Wildman–Crippen MR) is 60.6 cm³/mol. The molecule has 92 valence electrons. The quantitative estimate of drug-likeness (QED) is 0.634. The zero-order chi connectivity index (χ0) is 12.3. The number of aromatic nitrogens is 2. The van der Waals surface area contributed by atoms with Crippen LogP contribution in [0.1, 0.15) is 32.1 Å². The maximum atomic E-state index is 10.8. The van der Waals surface area contributed by atoms with Gasteiger partial charge >= 0.3 is 5.69 Å². The molecule has 7 heteroatoms. The number of hydrogen-bond acceptors (Lipinski definition) is 6. The summed E-state index contributed by atoms with van der Waals surface area (Å²) in [6.45, 7) is 0. The second-order valence-corrected chi connectivity index (χ2v) is 4.05. The second-order valence-electron chi connectivity index (χ2n) is 4.05. The first kappa shape index (κ1) is 11.6. The molecule has 2 rings (SSSR count). The van der Waals surface area contributed by atoms with Crippen LogP contribution in [0.25, 0.3) is 0 Å². The Bertz CT molecular complexity index is 418. The first-order valence-electron chi connectivity index (χ1n) is 5.60. The Morgan fingerprint density at radius 1 is 1.41 bits per heavy atom. The lowest BCUT2D eigenvalue weighted by molar-refractivity contribution is -0.386. The minimum atomic E-state index is -0.558. The summed E-state index contributed by atoms with van der Waals surface area (Å²) in [7, 11) is 0. The smallest absolute Gasteiger partial charge is 0.349 e. The Hall–Kier alpha value is -1.92. The summed E-state index contributed by atoms with van der Waals surface area (Å²) in [5, 5.41) is 10.8. The Kier molecular flexibility index (Phi) is 3.36. The average Bonchev–Trinajstić information content (AvgIpc) is 2.30. The molecule has 17 heavy (non-hydrogen) atoms. The largest absolute Gasteiger partial charge is 0.469 e. The molecule has 0 aliphatic heterocycles. The molecule has 7 nitrogen and oxygen atoms in total. The van der Waals surface area contributed by atoms with Crippen molar-refractivity contribution in [3.8, 4) is 5.88 Å². The highest BCUT2D eigenvalue weighted by Crippen LogP contribution is 2.28. The first-order chi connectivity index (χ1) is 8.16. The molecule has 0 aromatic carbocycles. The van der Waals surface area contributed by atoms with E-state index in [1.807, 2.05) is 0 Å². The van der Waals surface area contributed by atoms with E-state index in [1.54, 1.807) is 0 Å². The van der Waals surface area contributed by atoms with Crippen molar-refractivity contribution in [2.75, 3.05) is 5.73 Å². The van der Waals surface area contributed by atoms with Crippen molar-refractivity contribution in [3.05, 3.63) is 16.3 Å². The number of nitro groups is 1. The number of nitrogen functional groups attached to an aromatic ring is 1. The van der Waals surface area contributed by atoms with Crippen LogP contribution in [0.2, 0.25) is 0 Å². The van der Waals surface area contributed by atoms with Gasteiger partial charge in [0.1, 0.15) is 12.3 Å². The van der Waals surface area contributed by atoms with Crippen LogP contribution in [-0.4, -0.2) is 21.0 Å². The van der Waals surface area contributed by atoms with Crippen molar-refractivity contribution in [2.24, 2.45) is 0 Å². The highest BCUT2D eigenvalue weighted by Gasteiger charge is 2.23. The number of rotatable bonds is 3. The van der Waals surface area contributed by atoms with E-state index >= 15 is 0 Å². The summed E-state index contributed by atoms with van der Waals surface area (Å²) >= 11 is 0. The normalized spacial score (nSPS) is 16.7. The molecule has 1 fully saturated rings. The van der Waals surface area contributed by atoms with E-state index in [-0.39, 0.29) is 23.6 Å². The van der Waals surface area contributed by atoms with Gasteiger partial charge in [-0.05, 0) is 25.7 Å². The fourth-order valence-corrected chi connectivity index (χ4v) is 1.93. The van der Waals surface area contributed by atoms with E-state index in [9.17, 15) is 10.1 Å². The molecular formula is C10H14N4O3. The van der Waals surface area contributed by atoms with Crippen LogP contribution < -0.4 is 10.5 Å². The Morgan fingerprint density at radius 3 is 2.76 bits per heavy atom. The summed E-state index contributed by atoms with van der Waals surface area (Å²) in [6, 6.07) is 0. The third-order valence-electron chi connectivity index (χ3n) is 2.78. The number of anilines is 1. The van der Waals surface area contributed by atoms with Crippen molar-refractivity contribution in [1.82, 2.24) is 9.97 Å². The molecule has 1 aromatic heterocycles. The van der Waals surface area contributed by atoms with Gasteiger partial charge in [0.25, 0.3) is 5.88 Å². The van der Waals surface area contributed by atoms with E-state index < -0.39 is 4.92 Å². The molecule has 1 aromatic rings. The molecular weight excluding hydrogens is 224 g/mol. The number of hydrogen-bond donors (Lipinski definition) is 1. The lowest BCUT2D eigenvalue weighted by atomic mass is 9.98. The number of ether oxygens (including phenoxy) is 1. The topological polar surface area (TPSA) is 104 Å². The fraction of sp³-hybridized carbons (Fsp3) is 0.600. The molecule has 1 saturated carbocycles. The maximum Gasteiger partial charge on any atom is 0.349 e. The predicted octanol–water partition coefficient (Wildman–Crippen LogP) is 1.68. The van der Waals surface area contributed by atoms with Crippen LogP contribution in [0.5, 0.6) is 5.88 Å². The van der Waals surface area contributed by atoms with Gasteiger partial charge in [0, 0.05) is 0 Å². The third kappa shape index (κ3) is 2.80. The van der Waals surface area contributed by atoms with Crippen molar-refractivity contribution in [3.63, 3.8) is 0 Å². The number of nitrogens with zero attached hydrogens (tertiary/aromatic N) is 3. The molecule has 1 heterocycles. The Labute approximate surface area is 98.2 Å². The molecule has 0 atom stereocenters. The Morgan fingerprint density at radius 2 is 2.12 bits per heavy atom. The van der Waals surface area contributed by atoms with Crippen molar-refractivity contribution < 1.29 is 9.66 Å². The van der Waals surface area contributed by atoms with Crippen LogP contribution in [-0.2, 0) is 0 Å². The maximum absolute atomic E-state index is 10.8. The van der Waals surface area contributed by atoms with E-state index in [2.05, 4.69) is 9.97 Å². The highest BCUT2D eigenvalue weighted by atomic mass is 16.6. The minimum absolute atomic E-state index is 0.00301. The van der Waals surface area contributed by atoms with Gasteiger partial charge in [0.05, 0.1) is 4.92 Å². The molecule has 0 amide bonds. The molecule has 0 bridgehead atoms. The lowest BCUT2D eigenvalue weighted by Gasteiger charge is -2.21. The van der Waals surface area contributed by atoms with Crippen LogP contribution in [0.4, 0.5) is 11.6 Å². The lowest BCUT2D eigenvalue weighted by Crippen LogP contribution is -2.21. The number of nitrogens with two attached hydrogens (primary N) is 1. The summed E-state index contributed by atoms with van der Waals surface area (Å²) in [5.74, 6) is -0.0317. The summed E-state index contributed by atoms with van der Waals surface area (Å²) in [6.07, 6.45) is 6.24. The van der Waals surface area contributed by atoms with Gasteiger partial charge in [0.2, 0.25) is 5.95 Å². The van der Waals surface area contributed by atoms with Crippen LogP contribution in [0.15, 0.2) is 6.20 Å². The summed E-state index contributed by atoms with van der Waals surface area (Å²) in [5.41, 5.74) is 5.18. The molecule has 0 saturated heterocycles. The van der Waals surface area contributed by atoms with Crippen molar-refractivity contribution >= 4 is 11.6 Å². The molecule has 0 spiro atoms. The molecule has 2 N–H and O–H groups in total. The van der Waals surface area contributed by atoms with Crippen molar-refractivity contribution in [2.45, 2.75) is 38.2 Å². The zero-order valence-electron chi connectivity index (χ0n) is 9.33. The average molecular weight is 238 g/mol. The standard InChI is InChI=1S/C10H14N4O3/c11-10-12-6-8(14(15)16)9(13-10)17-7-4-2-1-3-5-7/h6-7H,1-5H2,(H2,11,12,13). The third-order valence-corrected chi connectivity index (χ3v) is 2.78.